The Kier molecular flexibility index (Phi) is 3.53. The molecule has 0 aliphatic heterocycles. The second-order valence-corrected chi connectivity index (χ2v) is 5.33. The fraction of sp³-hybridized carbons (Fsp3) is 0.231. The lowest BCUT2D eigenvalue weighted by Crippen LogP contribution is -2.22. The molecule has 0 saturated carbocycles. The number of ether oxygens (including phenoxy) is 1. The van der Waals surface area contributed by atoms with Crippen LogP contribution < -0.4 is 16.0 Å². The zero-order valence-electron chi connectivity index (χ0n) is 11.3. The van der Waals surface area contributed by atoms with Crippen LogP contribution in [0.4, 0.5) is 5.13 Å². The SMILES string of the molecule is CCOc1ccc(Cc2nnc3sc(N)nn3c2=O)cc1. The summed E-state index contributed by atoms with van der Waals surface area (Å²) in [5.74, 6) is 0.798. The zero-order chi connectivity index (χ0) is 14.8. The van der Waals surface area contributed by atoms with E-state index >= 15 is 0 Å². The smallest absolute Gasteiger partial charge is 0.297 e. The first-order valence-electron chi connectivity index (χ1n) is 6.40. The van der Waals surface area contributed by atoms with Crippen LogP contribution in [0.5, 0.6) is 5.75 Å². The van der Waals surface area contributed by atoms with Gasteiger partial charge in [-0.2, -0.15) is 4.52 Å². The number of nitrogens with zero attached hydrogens (tertiary/aromatic N) is 4. The minimum absolute atomic E-state index is 0.290. The summed E-state index contributed by atoms with van der Waals surface area (Å²) < 4.78 is 6.57. The number of hydrogen-bond acceptors (Lipinski definition) is 7. The third-order valence-electron chi connectivity index (χ3n) is 2.88. The van der Waals surface area contributed by atoms with Crippen molar-refractivity contribution in [2.45, 2.75) is 13.3 Å². The maximum Gasteiger partial charge on any atom is 0.297 e. The van der Waals surface area contributed by atoms with E-state index < -0.39 is 0 Å². The van der Waals surface area contributed by atoms with Crippen LogP contribution in [-0.2, 0) is 6.42 Å². The molecule has 0 atom stereocenters. The Labute approximate surface area is 124 Å². The van der Waals surface area contributed by atoms with Crippen molar-refractivity contribution in [3.63, 3.8) is 0 Å². The van der Waals surface area contributed by atoms with Crippen molar-refractivity contribution in [3.05, 3.63) is 45.9 Å². The van der Waals surface area contributed by atoms with Gasteiger partial charge in [0.05, 0.1) is 6.61 Å². The van der Waals surface area contributed by atoms with Crippen molar-refractivity contribution in [3.8, 4) is 5.75 Å². The molecule has 0 saturated heterocycles. The van der Waals surface area contributed by atoms with Gasteiger partial charge >= 0.3 is 0 Å². The normalized spacial score (nSPS) is 10.9. The van der Waals surface area contributed by atoms with E-state index in [0.717, 1.165) is 22.6 Å². The largest absolute Gasteiger partial charge is 0.494 e. The molecule has 0 spiro atoms. The number of fused-ring (bicyclic) bond motifs is 1. The topological polar surface area (TPSA) is 95.4 Å². The van der Waals surface area contributed by atoms with E-state index in [2.05, 4.69) is 15.3 Å². The summed E-state index contributed by atoms with van der Waals surface area (Å²) in [6.45, 7) is 2.55. The van der Waals surface area contributed by atoms with Gasteiger partial charge < -0.3 is 10.5 Å². The summed E-state index contributed by atoms with van der Waals surface area (Å²) in [4.78, 5) is 12.6. The molecule has 0 radical (unpaired) electrons. The summed E-state index contributed by atoms with van der Waals surface area (Å²) in [5.41, 5.74) is 6.57. The van der Waals surface area contributed by atoms with Gasteiger partial charge in [-0.15, -0.1) is 15.3 Å². The minimum atomic E-state index is -0.290. The number of rotatable bonds is 4. The van der Waals surface area contributed by atoms with Crippen molar-refractivity contribution in [2.24, 2.45) is 0 Å². The van der Waals surface area contributed by atoms with Crippen LogP contribution in [0.15, 0.2) is 29.1 Å². The Bertz CT molecular complexity index is 825. The molecule has 3 rings (SSSR count). The molecule has 2 heterocycles. The molecule has 0 aliphatic rings. The monoisotopic (exact) mass is 303 g/mol. The van der Waals surface area contributed by atoms with Crippen molar-refractivity contribution in [1.29, 1.82) is 0 Å². The lowest BCUT2D eigenvalue weighted by Gasteiger charge is -2.04. The first-order chi connectivity index (χ1) is 10.2. The number of nitrogens with two attached hydrogens (primary N) is 1. The highest BCUT2D eigenvalue weighted by Crippen LogP contribution is 2.14. The number of aromatic nitrogens is 4. The summed E-state index contributed by atoms with van der Waals surface area (Å²) in [6.07, 6.45) is 0.388. The zero-order valence-corrected chi connectivity index (χ0v) is 12.1. The molecule has 2 N–H and O–H groups in total. The van der Waals surface area contributed by atoms with Gasteiger partial charge in [0.1, 0.15) is 11.4 Å². The Morgan fingerprint density at radius 1 is 1.29 bits per heavy atom. The van der Waals surface area contributed by atoms with Gasteiger partial charge in [-0.05, 0) is 24.6 Å². The molecule has 8 heteroatoms. The second kappa shape index (κ2) is 5.49. The molecule has 7 nitrogen and oxygen atoms in total. The lowest BCUT2D eigenvalue weighted by atomic mass is 10.1. The van der Waals surface area contributed by atoms with E-state index in [1.54, 1.807) is 0 Å². The molecule has 0 fully saturated rings. The third-order valence-corrected chi connectivity index (χ3v) is 3.60. The minimum Gasteiger partial charge on any atom is -0.494 e. The highest BCUT2D eigenvalue weighted by molar-refractivity contribution is 7.20. The third kappa shape index (κ3) is 2.70. The average Bonchev–Trinajstić information content (AvgIpc) is 2.86. The molecular formula is C13H13N5O2S. The Hall–Kier alpha value is -2.48. The Morgan fingerprint density at radius 2 is 2.05 bits per heavy atom. The number of nitrogen functional groups attached to an aromatic ring is 1. The van der Waals surface area contributed by atoms with Crippen LogP contribution in [0, 0.1) is 0 Å². The predicted octanol–water partition coefficient (Wildman–Crippen LogP) is 1.12. The molecule has 0 amide bonds. The molecule has 1 aromatic carbocycles. The molecule has 2 aromatic heterocycles. The molecule has 21 heavy (non-hydrogen) atoms. The van der Waals surface area contributed by atoms with Crippen LogP contribution in [0.1, 0.15) is 18.2 Å². The summed E-state index contributed by atoms with van der Waals surface area (Å²) >= 11 is 1.13. The Morgan fingerprint density at radius 3 is 2.76 bits per heavy atom. The van der Waals surface area contributed by atoms with Gasteiger partial charge in [-0.1, -0.05) is 23.5 Å². The number of anilines is 1. The molecule has 3 aromatic rings. The van der Waals surface area contributed by atoms with Crippen LogP contribution in [-0.4, -0.2) is 26.4 Å². The van der Waals surface area contributed by atoms with Crippen molar-refractivity contribution < 1.29 is 4.74 Å². The average molecular weight is 303 g/mol. The van der Waals surface area contributed by atoms with E-state index in [9.17, 15) is 4.79 Å². The van der Waals surface area contributed by atoms with Crippen molar-refractivity contribution >= 4 is 21.4 Å². The molecule has 108 valence electrons. The standard InChI is InChI=1S/C13H13N5O2S/c1-2-20-9-5-3-8(4-6-9)7-10-11(19)18-13(16-15-10)21-12(14)17-18/h3-6H,2,7H2,1H3,(H2,14,17). The van der Waals surface area contributed by atoms with E-state index in [1.807, 2.05) is 31.2 Å². The van der Waals surface area contributed by atoms with E-state index in [0.29, 0.717) is 28.8 Å². The molecule has 0 unspecified atom stereocenters. The van der Waals surface area contributed by atoms with Crippen LogP contribution in [0.25, 0.3) is 4.96 Å². The quantitative estimate of drug-likeness (QED) is 0.776. The number of benzene rings is 1. The maximum atomic E-state index is 12.2. The van der Waals surface area contributed by atoms with Crippen molar-refractivity contribution in [1.82, 2.24) is 19.8 Å². The fourth-order valence-electron chi connectivity index (χ4n) is 1.94. The van der Waals surface area contributed by atoms with Gasteiger partial charge in [0.2, 0.25) is 10.1 Å². The molecular weight excluding hydrogens is 290 g/mol. The lowest BCUT2D eigenvalue weighted by molar-refractivity contribution is 0.340. The Balaban J connectivity index is 1.90. The second-order valence-electron chi connectivity index (χ2n) is 4.34. The highest BCUT2D eigenvalue weighted by Gasteiger charge is 2.11. The van der Waals surface area contributed by atoms with E-state index in [4.69, 9.17) is 10.5 Å². The van der Waals surface area contributed by atoms with Crippen LogP contribution in [0.3, 0.4) is 0 Å². The van der Waals surface area contributed by atoms with Crippen molar-refractivity contribution in [2.75, 3.05) is 12.3 Å². The predicted molar refractivity (Wildman–Crippen MR) is 79.8 cm³/mol. The van der Waals surface area contributed by atoms with Gasteiger partial charge in [0.15, 0.2) is 0 Å². The van der Waals surface area contributed by atoms with Crippen LogP contribution >= 0.6 is 11.3 Å². The first kappa shape index (κ1) is 13.5. The summed E-state index contributed by atoms with van der Waals surface area (Å²) in [6, 6.07) is 7.53. The van der Waals surface area contributed by atoms with Gasteiger partial charge in [-0.3, -0.25) is 4.79 Å². The van der Waals surface area contributed by atoms with Gasteiger partial charge in [0.25, 0.3) is 5.56 Å². The summed E-state index contributed by atoms with van der Waals surface area (Å²) in [5, 5.41) is 12.2. The number of hydrogen-bond donors (Lipinski definition) is 1. The van der Waals surface area contributed by atoms with Gasteiger partial charge in [0, 0.05) is 6.42 Å². The first-order valence-corrected chi connectivity index (χ1v) is 7.21. The van der Waals surface area contributed by atoms with E-state index in [1.165, 1.54) is 4.52 Å². The molecule has 0 bridgehead atoms. The maximum absolute atomic E-state index is 12.2. The molecule has 0 aliphatic carbocycles. The highest BCUT2D eigenvalue weighted by atomic mass is 32.1. The van der Waals surface area contributed by atoms with Crippen LogP contribution in [0.2, 0.25) is 0 Å². The van der Waals surface area contributed by atoms with Gasteiger partial charge in [-0.25, -0.2) is 0 Å². The fourth-order valence-corrected chi connectivity index (χ4v) is 2.54. The van der Waals surface area contributed by atoms with E-state index in [-0.39, 0.29) is 5.56 Å². The summed E-state index contributed by atoms with van der Waals surface area (Å²) in [7, 11) is 0.